The van der Waals surface area contributed by atoms with Gasteiger partial charge in [0.1, 0.15) is 5.75 Å². The van der Waals surface area contributed by atoms with Crippen LogP contribution >= 0.6 is 12.4 Å². The van der Waals surface area contributed by atoms with Crippen molar-refractivity contribution < 1.29 is 22.7 Å². The van der Waals surface area contributed by atoms with Crippen molar-refractivity contribution in [2.45, 2.75) is 50.9 Å². The number of nitrogens with two attached hydrogens (primary N) is 1. The Hall–Kier alpha value is -1.47. The number of hydrogen-bond acceptors (Lipinski definition) is 3. The highest BCUT2D eigenvalue weighted by Crippen LogP contribution is 2.24. The third-order valence-corrected chi connectivity index (χ3v) is 4.36. The fourth-order valence-electron chi connectivity index (χ4n) is 3.07. The van der Waals surface area contributed by atoms with Gasteiger partial charge in [-0.05, 0) is 49.4 Å². The van der Waals surface area contributed by atoms with Crippen molar-refractivity contribution in [1.29, 1.82) is 0 Å². The number of nitrogens with one attached hydrogen (secondary N) is 1. The van der Waals surface area contributed by atoms with Crippen LogP contribution in [0.5, 0.6) is 5.75 Å². The van der Waals surface area contributed by atoms with Gasteiger partial charge in [-0.2, -0.15) is 0 Å². The molecule has 0 aliphatic heterocycles. The van der Waals surface area contributed by atoms with Gasteiger partial charge in [-0.15, -0.1) is 25.6 Å². The molecular weight excluding hydrogens is 357 g/mol. The zero-order valence-electron chi connectivity index (χ0n) is 13.8. The summed E-state index contributed by atoms with van der Waals surface area (Å²) in [4.78, 5) is 12.1. The molecule has 0 aromatic heterocycles. The van der Waals surface area contributed by atoms with Crippen LogP contribution in [0, 0.1) is 5.92 Å². The van der Waals surface area contributed by atoms with E-state index in [9.17, 15) is 18.0 Å². The summed E-state index contributed by atoms with van der Waals surface area (Å²) in [6, 6.07) is 5.73. The van der Waals surface area contributed by atoms with E-state index < -0.39 is 6.36 Å². The minimum absolute atomic E-state index is 0. The highest BCUT2D eigenvalue weighted by Gasteiger charge is 2.31. The summed E-state index contributed by atoms with van der Waals surface area (Å²) in [7, 11) is 0. The zero-order chi connectivity index (χ0) is 17.6. The molecule has 0 saturated heterocycles. The number of amides is 1. The first-order chi connectivity index (χ1) is 11.4. The van der Waals surface area contributed by atoms with Crippen molar-refractivity contribution in [2.24, 2.45) is 11.7 Å². The van der Waals surface area contributed by atoms with Crippen LogP contribution in [0.25, 0.3) is 0 Å². The smallest absolute Gasteiger partial charge is 0.406 e. The molecule has 0 heterocycles. The van der Waals surface area contributed by atoms with Crippen LogP contribution in [0.2, 0.25) is 0 Å². The lowest BCUT2D eigenvalue weighted by atomic mass is 9.84. The summed E-state index contributed by atoms with van der Waals surface area (Å²) in [5.74, 6) is 0.0289. The van der Waals surface area contributed by atoms with Crippen molar-refractivity contribution >= 4 is 18.3 Å². The monoisotopic (exact) mass is 380 g/mol. The second-order valence-electron chi connectivity index (χ2n) is 6.15. The van der Waals surface area contributed by atoms with E-state index in [2.05, 4.69) is 10.1 Å². The summed E-state index contributed by atoms with van der Waals surface area (Å²) < 4.78 is 40.1. The van der Waals surface area contributed by atoms with Gasteiger partial charge < -0.3 is 15.8 Å². The maximum absolute atomic E-state index is 12.1. The first kappa shape index (κ1) is 21.6. The lowest BCUT2D eigenvalue weighted by Gasteiger charge is -2.31. The molecule has 1 aromatic carbocycles. The Balaban J connectivity index is 0.00000312. The summed E-state index contributed by atoms with van der Waals surface area (Å²) in [6.07, 6.45) is 0.328. The molecule has 2 rings (SSSR count). The molecule has 1 aliphatic rings. The molecule has 1 saturated carbocycles. The van der Waals surface area contributed by atoms with Crippen molar-refractivity contribution in [2.75, 3.05) is 6.54 Å². The van der Waals surface area contributed by atoms with E-state index in [1.807, 2.05) is 0 Å². The first-order valence-corrected chi connectivity index (χ1v) is 8.21. The van der Waals surface area contributed by atoms with E-state index in [4.69, 9.17) is 5.73 Å². The van der Waals surface area contributed by atoms with Gasteiger partial charge in [0.2, 0.25) is 5.91 Å². The maximum Gasteiger partial charge on any atom is 0.573 e. The molecule has 142 valence electrons. The Morgan fingerprint density at radius 1 is 1.20 bits per heavy atom. The van der Waals surface area contributed by atoms with Gasteiger partial charge in [0.25, 0.3) is 0 Å². The van der Waals surface area contributed by atoms with Gasteiger partial charge in [-0.25, -0.2) is 0 Å². The largest absolute Gasteiger partial charge is 0.573 e. The topological polar surface area (TPSA) is 64.3 Å². The SMILES string of the molecule is Cl.NCC1CCCCC1NC(=O)CCc1ccc(OC(F)(F)F)cc1. The number of hydrogen-bond donors (Lipinski definition) is 2. The van der Waals surface area contributed by atoms with Gasteiger partial charge in [0, 0.05) is 12.5 Å². The molecule has 1 amide bonds. The van der Waals surface area contributed by atoms with Crippen LogP contribution in [0.4, 0.5) is 13.2 Å². The normalized spacial score (nSPS) is 20.5. The van der Waals surface area contributed by atoms with Crippen molar-refractivity contribution in [3.8, 4) is 5.75 Å². The Labute approximate surface area is 151 Å². The van der Waals surface area contributed by atoms with Crippen molar-refractivity contribution in [1.82, 2.24) is 5.32 Å². The van der Waals surface area contributed by atoms with Crippen molar-refractivity contribution in [3.63, 3.8) is 0 Å². The lowest BCUT2D eigenvalue weighted by molar-refractivity contribution is -0.274. The van der Waals surface area contributed by atoms with Crippen LogP contribution in [0.1, 0.15) is 37.7 Å². The number of aryl methyl sites for hydroxylation is 1. The van der Waals surface area contributed by atoms with Crippen LogP contribution in [0.15, 0.2) is 24.3 Å². The minimum Gasteiger partial charge on any atom is -0.406 e. The Morgan fingerprint density at radius 2 is 1.84 bits per heavy atom. The van der Waals surface area contributed by atoms with E-state index in [1.54, 1.807) is 0 Å². The standard InChI is InChI=1S/C17H23F3N2O2.ClH/c18-17(19,20)24-14-8-5-12(6-9-14)7-10-16(23)22-15-4-2-1-3-13(15)11-21;/h5-6,8-9,13,15H,1-4,7,10-11,21H2,(H,22,23);1H. The average molecular weight is 381 g/mol. The number of halogens is 4. The number of benzene rings is 1. The van der Waals surface area contributed by atoms with Crippen LogP contribution in [0.3, 0.4) is 0 Å². The van der Waals surface area contributed by atoms with Gasteiger partial charge in [-0.3, -0.25) is 4.79 Å². The molecule has 0 radical (unpaired) electrons. The second kappa shape index (κ2) is 9.87. The Bertz CT molecular complexity index is 538. The molecule has 4 nitrogen and oxygen atoms in total. The molecule has 2 atom stereocenters. The third-order valence-electron chi connectivity index (χ3n) is 4.36. The molecule has 1 aliphatic carbocycles. The highest BCUT2D eigenvalue weighted by atomic mass is 35.5. The van der Waals surface area contributed by atoms with Crippen LogP contribution in [-0.2, 0) is 11.2 Å². The van der Waals surface area contributed by atoms with E-state index in [0.717, 1.165) is 31.2 Å². The Morgan fingerprint density at radius 3 is 2.44 bits per heavy atom. The quantitative estimate of drug-likeness (QED) is 0.793. The number of alkyl halides is 3. The molecule has 1 fully saturated rings. The number of rotatable bonds is 6. The molecule has 0 bridgehead atoms. The fraction of sp³-hybridized carbons (Fsp3) is 0.588. The molecule has 25 heavy (non-hydrogen) atoms. The molecular formula is C17H24ClF3N2O2. The van der Waals surface area contributed by atoms with E-state index >= 15 is 0 Å². The number of carbonyl (C=O) groups is 1. The van der Waals surface area contributed by atoms with Gasteiger partial charge >= 0.3 is 6.36 Å². The predicted molar refractivity (Wildman–Crippen MR) is 91.6 cm³/mol. The Kier molecular flexibility index (Phi) is 8.52. The number of ether oxygens (including phenoxy) is 1. The zero-order valence-corrected chi connectivity index (χ0v) is 14.7. The average Bonchev–Trinajstić information content (AvgIpc) is 2.53. The summed E-state index contributed by atoms with van der Waals surface area (Å²) in [5, 5.41) is 3.04. The minimum atomic E-state index is -4.69. The van der Waals surface area contributed by atoms with E-state index in [0.29, 0.717) is 25.3 Å². The van der Waals surface area contributed by atoms with Crippen LogP contribution < -0.4 is 15.8 Å². The van der Waals surface area contributed by atoms with E-state index in [1.165, 1.54) is 24.3 Å². The highest BCUT2D eigenvalue weighted by molar-refractivity contribution is 5.85. The fourth-order valence-corrected chi connectivity index (χ4v) is 3.07. The summed E-state index contributed by atoms with van der Waals surface area (Å²) in [6.45, 7) is 0.575. The molecule has 0 spiro atoms. The summed E-state index contributed by atoms with van der Waals surface area (Å²) >= 11 is 0. The van der Waals surface area contributed by atoms with Gasteiger partial charge in [0.15, 0.2) is 0 Å². The molecule has 1 aromatic rings. The van der Waals surface area contributed by atoms with Gasteiger partial charge in [0.05, 0.1) is 0 Å². The first-order valence-electron chi connectivity index (χ1n) is 8.21. The summed E-state index contributed by atoms with van der Waals surface area (Å²) in [5.41, 5.74) is 6.54. The predicted octanol–water partition coefficient (Wildman–Crippen LogP) is 3.57. The van der Waals surface area contributed by atoms with E-state index in [-0.39, 0.29) is 30.1 Å². The second-order valence-corrected chi connectivity index (χ2v) is 6.15. The molecule has 3 N–H and O–H groups in total. The van der Waals surface area contributed by atoms with Crippen LogP contribution in [-0.4, -0.2) is 24.9 Å². The third kappa shape index (κ3) is 7.52. The molecule has 2 unspecified atom stereocenters. The lowest BCUT2D eigenvalue weighted by Crippen LogP contribution is -2.44. The maximum atomic E-state index is 12.1. The number of carbonyl (C=O) groups excluding carboxylic acids is 1. The van der Waals surface area contributed by atoms with Gasteiger partial charge in [-0.1, -0.05) is 25.0 Å². The van der Waals surface area contributed by atoms with Crippen molar-refractivity contribution in [3.05, 3.63) is 29.8 Å². The molecule has 8 heteroatoms.